The number of para-hydroxylation sites is 1. The normalized spacial score (nSPS) is 13.3. The summed E-state index contributed by atoms with van der Waals surface area (Å²) in [5.74, 6) is -0.740. The number of methoxy groups -OCH3 is 2. The maximum absolute atomic E-state index is 14.1. The minimum atomic E-state index is -2.99. The highest BCUT2D eigenvalue weighted by molar-refractivity contribution is 6.46. The molecule has 10 nitrogen and oxygen atoms in total. The largest absolute Gasteiger partial charge is 0.497 e. The number of halogens is 2. The molecule has 1 saturated heterocycles. The quantitative estimate of drug-likeness (QED) is 0.130. The van der Waals surface area contributed by atoms with Gasteiger partial charge in [0.25, 0.3) is 11.8 Å². The van der Waals surface area contributed by atoms with Gasteiger partial charge in [0.1, 0.15) is 22.8 Å². The van der Waals surface area contributed by atoms with Crippen LogP contribution in [0, 0.1) is 0 Å². The fraction of sp³-hybridized carbons (Fsp3) is 0.0857. The predicted molar refractivity (Wildman–Crippen MR) is 170 cm³/mol. The summed E-state index contributed by atoms with van der Waals surface area (Å²) >= 11 is 0. The predicted octanol–water partition coefficient (Wildman–Crippen LogP) is 6.74. The Kier molecular flexibility index (Phi) is 8.48. The van der Waals surface area contributed by atoms with E-state index in [1.54, 1.807) is 47.3 Å². The molecule has 1 aliphatic heterocycles. The van der Waals surface area contributed by atoms with E-state index in [0.717, 1.165) is 9.80 Å². The number of aromatic nitrogens is 2. The molecule has 1 aliphatic rings. The molecule has 1 fully saturated rings. The first-order valence-corrected chi connectivity index (χ1v) is 14.2. The van der Waals surface area contributed by atoms with Gasteiger partial charge >= 0.3 is 12.6 Å². The number of nitrogens with zero attached hydrogens (tertiary/aromatic N) is 4. The summed E-state index contributed by atoms with van der Waals surface area (Å²) in [5, 5.41) is 4.70. The minimum Gasteiger partial charge on any atom is -0.497 e. The van der Waals surface area contributed by atoms with Crippen LogP contribution in [0.5, 0.6) is 17.2 Å². The molecule has 4 amide bonds. The van der Waals surface area contributed by atoms with Crippen LogP contribution >= 0.6 is 0 Å². The van der Waals surface area contributed by atoms with Crippen molar-refractivity contribution in [3.05, 3.63) is 120 Å². The number of benzene rings is 4. The van der Waals surface area contributed by atoms with E-state index in [0.29, 0.717) is 34.0 Å². The molecule has 2 heterocycles. The Morgan fingerprint density at radius 2 is 1.17 bits per heavy atom. The molecule has 0 saturated carbocycles. The maximum atomic E-state index is 14.1. The first-order valence-electron chi connectivity index (χ1n) is 14.2. The van der Waals surface area contributed by atoms with E-state index in [4.69, 9.17) is 14.6 Å². The second-order valence-corrected chi connectivity index (χ2v) is 10.1. The van der Waals surface area contributed by atoms with Gasteiger partial charge in [-0.25, -0.2) is 19.3 Å². The summed E-state index contributed by atoms with van der Waals surface area (Å²) < 4.78 is 42.1. The van der Waals surface area contributed by atoms with Crippen LogP contribution in [0.25, 0.3) is 23.0 Å². The number of urea groups is 1. The zero-order valence-electron chi connectivity index (χ0n) is 25.0. The van der Waals surface area contributed by atoms with E-state index in [1.165, 1.54) is 56.7 Å². The summed E-state index contributed by atoms with van der Waals surface area (Å²) in [4.78, 5) is 43.9. The third-order valence-corrected chi connectivity index (χ3v) is 7.33. The molecule has 4 aromatic carbocycles. The number of alkyl halides is 2. The van der Waals surface area contributed by atoms with E-state index in [9.17, 15) is 23.2 Å². The van der Waals surface area contributed by atoms with Crippen molar-refractivity contribution in [2.24, 2.45) is 0 Å². The average Bonchev–Trinajstić information content (AvgIpc) is 3.52. The van der Waals surface area contributed by atoms with Crippen LogP contribution in [0.2, 0.25) is 0 Å². The fourth-order valence-electron chi connectivity index (χ4n) is 5.03. The van der Waals surface area contributed by atoms with Crippen LogP contribution in [0.3, 0.4) is 0 Å². The lowest BCUT2D eigenvalue weighted by atomic mass is 10.0. The number of imide groups is 2. The molecular formula is C35H26F2N4O6. The highest BCUT2D eigenvalue weighted by atomic mass is 19.3. The Hall–Kier alpha value is -6.30. The number of carbonyl (C=O) groups is 3. The molecule has 47 heavy (non-hydrogen) atoms. The molecule has 0 aliphatic carbocycles. The van der Waals surface area contributed by atoms with Gasteiger partial charge in [0, 0.05) is 17.3 Å². The number of anilines is 2. The van der Waals surface area contributed by atoms with Crippen molar-refractivity contribution in [2.45, 2.75) is 6.61 Å². The third kappa shape index (κ3) is 6.16. The SMILES string of the molecule is COc1ccc(N2C(=O)C(=Cc3cn(-c4ccccc4)nc3-c3ccc(OC(F)F)cc3)C(=O)N(c3ccc(OC)cc3)C2=O)cc1. The van der Waals surface area contributed by atoms with Crippen LogP contribution in [-0.2, 0) is 9.59 Å². The molecule has 236 valence electrons. The van der Waals surface area contributed by atoms with Crippen molar-refractivity contribution in [1.29, 1.82) is 0 Å². The average molecular weight is 637 g/mol. The van der Waals surface area contributed by atoms with Gasteiger partial charge in [-0.1, -0.05) is 18.2 Å². The van der Waals surface area contributed by atoms with Crippen molar-refractivity contribution < 1.29 is 37.4 Å². The van der Waals surface area contributed by atoms with Crippen LogP contribution in [-0.4, -0.2) is 48.5 Å². The Morgan fingerprint density at radius 3 is 1.66 bits per heavy atom. The molecule has 1 aromatic heterocycles. The van der Waals surface area contributed by atoms with E-state index in [2.05, 4.69) is 4.74 Å². The van der Waals surface area contributed by atoms with Gasteiger partial charge in [0.2, 0.25) is 0 Å². The first kappa shape index (κ1) is 30.7. The monoisotopic (exact) mass is 636 g/mol. The molecule has 0 radical (unpaired) electrons. The second kappa shape index (κ2) is 13.0. The number of carbonyl (C=O) groups excluding carboxylic acids is 3. The Labute approximate surface area is 267 Å². The minimum absolute atomic E-state index is 0.0486. The molecule has 6 rings (SSSR count). The van der Waals surface area contributed by atoms with Gasteiger partial charge < -0.3 is 14.2 Å². The van der Waals surface area contributed by atoms with E-state index < -0.39 is 24.5 Å². The van der Waals surface area contributed by atoms with E-state index >= 15 is 0 Å². The first-order chi connectivity index (χ1) is 22.8. The number of rotatable bonds is 9. The number of amides is 4. The highest BCUT2D eigenvalue weighted by Crippen LogP contribution is 2.34. The van der Waals surface area contributed by atoms with Crippen LogP contribution in [0.4, 0.5) is 25.0 Å². The second-order valence-electron chi connectivity index (χ2n) is 10.1. The highest BCUT2D eigenvalue weighted by Gasteiger charge is 2.44. The van der Waals surface area contributed by atoms with Gasteiger partial charge in [-0.05, 0) is 91.0 Å². The molecule has 0 bridgehead atoms. The van der Waals surface area contributed by atoms with Crippen molar-refractivity contribution in [2.75, 3.05) is 24.0 Å². The number of hydrogen-bond acceptors (Lipinski definition) is 7. The van der Waals surface area contributed by atoms with Gasteiger partial charge in [0.15, 0.2) is 0 Å². The van der Waals surface area contributed by atoms with Gasteiger partial charge in [0.05, 0.1) is 37.0 Å². The smallest absolute Gasteiger partial charge is 0.387 e. The zero-order valence-corrected chi connectivity index (χ0v) is 25.0. The van der Waals surface area contributed by atoms with Crippen molar-refractivity contribution in [3.63, 3.8) is 0 Å². The van der Waals surface area contributed by atoms with E-state index in [-0.39, 0.29) is 22.7 Å². The summed E-state index contributed by atoms with van der Waals surface area (Å²) in [6.07, 6.45) is 3.00. The number of hydrogen-bond donors (Lipinski definition) is 0. The summed E-state index contributed by atoms with van der Waals surface area (Å²) in [6.45, 7) is -2.99. The lowest BCUT2D eigenvalue weighted by molar-refractivity contribution is -0.121. The fourth-order valence-corrected chi connectivity index (χ4v) is 5.03. The van der Waals surface area contributed by atoms with Crippen molar-refractivity contribution in [1.82, 2.24) is 9.78 Å². The molecule has 0 atom stereocenters. The Balaban J connectivity index is 1.50. The lowest BCUT2D eigenvalue weighted by Gasteiger charge is -2.34. The Morgan fingerprint density at radius 1 is 0.660 bits per heavy atom. The topological polar surface area (TPSA) is 103 Å². The lowest BCUT2D eigenvalue weighted by Crippen LogP contribution is -2.57. The third-order valence-electron chi connectivity index (χ3n) is 7.33. The molecule has 12 heteroatoms. The zero-order chi connectivity index (χ0) is 33.1. The molecule has 0 N–H and O–H groups in total. The van der Waals surface area contributed by atoms with Gasteiger partial charge in [-0.3, -0.25) is 9.59 Å². The summed E-state index contributed by atoms with van der Waals surface area (Å²) in [7, 11) is 2.98. The van der Waals surface area contributed by atoms with Crippen molar-refractivity contribution in [3.8, 4) is 34.2 Å². The van der Waals surface area contributed by atoms with Gasteiger partial charge in [-0.2, -0.15) is 13.9 Å². The maximum Gasteiger partial charge on any atom is 0.387 e. The van der Waals surface area contributed by atoms with Gasteiger partial charge in [-0.15, -0.1) is 0 Å². The molecule has 0 unspecified atom stereocenters. The number of barbiturate groups is 1. The molecule has 0 spiro atoms. The van der Waals surface area contributed by atoms with Crippen molar-refractivity contribution >= 4 is 35.3 Å². The van der Waals surface area contributed by atoms with Crippen LogP contribution < -0.4 is 24.0 Å². The summed E-state index contributed by atoms with van der Waals surface area (Å²) in [5.41, 5.74) is 2.00. The Bertz CT molecular complexity index is 1890. The number of ether oxygens (including phenoxy) is 3. The van der Waals surface area contributed by atoms with Crippen LogP contribution in [0.1, 0.15) is 5.56 Å². The molecular weight excluding hydrogens is 610 g/mol. The van der Waals surface area contributed by atoms with E-state index in [1.807, 2.05) is 30.3 Å². The summed E-state index contributed by atoms with van der Waals surface area (Å²) in [6, 6.07) is 26.6. The standard InChI is InChI=1S/C35H26F2N4O6/c1-45-27-16-10-25(11-17-27)40-32(42)30(33(43)41(35(40)44)26-12-18-28(46-2)19-13-26)20-23-21-39(24-6-4-3-5-7-24)38-31(23)22-8-14-29(15-9-22)47-34(36)37/h3-21,34H,1-2H3. The molecule has 5 aromatic rings. The van der Waals surface area contributed by atoms with Crippen LogP contribution in [0.15, 0.2) is 115 Å².